The predicted molar refractivity (Wildman–Crippen MR) is 81.8 cm³/mol. The molecule has 0 saturated heterocycles. The number of aromatic nitrogens is 1. The molecule has 1 unspecified atom stereocenters. The van der Waals surface area contributed by atoms with Gasteiger partial charge in [-0.3, -0.25) is 4.79 Å². The first-order valence-corrected chi connectivity index (χ1v) is 7.65. The molecule has 0 spiro atoms. The van der Waals surface area contributed by atoms with Gasteiger partial charge < -0.3 is 10.3 Å². The lowest BCUT2D eigenvalue weighted by Crippen LogP contribution is -2.38. The molecule has 1 aromatic heterocycles. The van der Waals surface area contributed by atoms with Crippen molar-refractivity contribution in [3.8, 4) is 0 Å². The van der Waals surface area contributed by atoms with Gasteiger partial charge in [0, 0.05) is 29.1 Å². The Kier molecular flexibility index (Phi) is 3.77. The maximum absolute atomic E-state index is 11.9. The summed E-state index contributed by atoms with van der Waals surface area (Å²) >= 11 is 0. The monoisotopic (exact) mass is 270 g/mol. The molecular weight excluding hydrogens is 248 g/mol. The summed E-state index contributed by atoms with van der Waals surface area (Å²) in [7, 11) is 0. The lowest BCUT2D eigenvalue weighted by atomic mass is 9.91. The van der Waals surface area contributed by atoms with Gasteiger partial charge in [-0.2, -0.15) is 0 Å². The molecule has 0 bridgehead atoms. The van der Waals surface area contributed by atoms with Crippen molar-refractivity contribution in [2.45, 2.75) is 51.5 Å². The summed E-state index contributed by atoms with van der Waals surface area (Å²) in [6.07, 6.45) is 5.74. The SMILES string of the molecule is CCCCC(=O)NC1CCc2[nH]c3ccccc3c2C1. The second kappa shape index (κ2) is 5.70. The smallest absolute Gasteiger partial charge is 0.220 e. The lowest BCUT2D eigenvalue weighted by molar-refractivity contribution is -0.122. The van der Waals surface area contributed by atoms with Crippen LogP contribution >= 0.6 is 0 Å². The zero-order chi connectivity index (χ0) is 13.9. The van der Waals surface area contributed by atoms with E-state index in [-0.39, 0.29) is 5.91 Å². The van der Waals surface area contributed by atoms with Crippen molar-refractivity contribution in [1.29, 1.82) is 0 Å². The second-order valence-electron chi connectivity index (χ2n) is 5.74. The average Bonchev–Trinajstić information content (AvgIpc) is 2.83. The highest BCUT2D eigenvalue weighted by Gasteiger charge is 2.23. The van der Waals surface area contributed by atoms with Crippen LogP contribution in [0.15, 0.2) is 24.3 Å². The van der Waals surface area contributed by atoms with Gasteiger partial charge in [-0.25, -0.2) is 0 Å². The molecule has 1 amide bonds. The van der Waals surface area contributed by atoms with E-state index in [1.165, 1.54) is 22.2 Å². The van der Waals surface area contributed by atoms with E-state index in [1.807, 2.05) is 0 Å². The third kappa shape index (κ3) is 2.58. The Morgan fingerprint density at radius 1 is 1.40 bits per heavy atom. The molecule has 0 fully saturated rings. The molecule has 3 rings (SSSR count). The molecule has 3 heteroatoms. The minimum atomic E-state index is 0.208. The standard InChI is InChI=1S/C17H22N2O/c1-2-3-8-17(20)18-12-9-10-16-14(11-12)13-6-4-5-7-15(13)19-16/h4-7,12,19H,2-3,8-11H2,1H3,(H,18,20). The van der Waals surface area contributed by atoms with Gasteiger partial charge in [0.15, 0.2) is 0 Å². The summed E-state index contributed by atoms with van der Waals surface area (Å²) < 4.78 is 0. The fourth-order valence-corrected chi connectivity index (χ4v) is 3.13. The van der Waals surface area contributed by atoms with E-state index in [0.717, 1.165) is 32.1 Å². The number of carbonyl (C=O) groups excluding carboxylic acids is 1. The van der Waals surface area contributed by atoms with E-state index in [0.29, 0.717) is 12.5 Å². The van der Waals surface area contributed by atoms with E-state index in [1.54, 1.807) is 0 Å². The fraction of sp³-hybridized carbons (Fsp3) is 0.471. The van der Waals surface area contributed by atoms with E-state index in [4.69, 9.17) is 0 Å². The fourth-order valence-electron chi connectivity index (χ4n) is 3.13. The Morgan fingerprint density at radius 2 is 2.25 bits per heavy atom. The van der Waals surface area contributed by atoms with Gasteiger partial charge in [0.05, 0.1) is 0 Å². The molecule has 20 heavy (non-hydrogen) atoms. The van der Waals surface area contributed by atoms with Crippen molar-refractivity contribution >= 4 is 16.8 Å². The second-order valence-corrected chi connectivity index (χ2v) is 5.74. The van der Waals surface area contributed by atoms with Crippen LogP contribution in [0.5, 0.6) is 0 Å². The van der Waals surface area contributed by atoms with Gasteiger partial charge >= 0.3 is 0 Å². The Bertz CT molecular complexity index is 614. The number of nitrogens with one attached hydrogen (secondary N) is 2. The van der Waals surface area contributed by atoms with E-state index < -0.39 is 0 Å². The van der Waals surface area contributed by atoms with Crippen LogP contribution in [0.25, 0.3) is 10.9 Å². The van der Waals surface area contributed by atoms with E-state index in [9.17, 15) is 4.79 Å². The summed E-state index contributed by atoms with van der Waals surface area (Å²) in [5, 5.41) is 4.51. The summed E-state index contributed by atoms with van der Waals surface area (Å²) in [5.74, 6) is 0.208. The Morgan fingerprint density at radius 3 is 3.10 bits per heavy atom. The first-order chi connectivity index (χ1) is 9.78. The number of benzene rings is 1. The third-order valence-electron chi connectivity index (χ3n) is 4.22. The van der Waals surface area contributed by atoms with Crippen LogP contribution < -0.4 is 5.32 Å². The number of rotatable bonds is 4. The topological polar surface area (TPSA) is 44.9 Å². The highest BCUT2D eigenvalue weighted by atomic mass is 16.1. The lowest BCUT2D eigenvalue weighted by Gasteiger charge is -2.23. The molecule has 1 aliphatic rings. The number of para-hydroxylation sites is 1. The summed E-state index contributed by atoms with van der Waals surface area (Å²) in [6.45, 7) is 2.12. The predicted octanol–water partition coefficient (Wildman–Crippen LogP) is 3.33. The number of H-pyrrole nitrogens is 1. The normalized spacial score (nSPS) is 17.9. The Labute approximate surface area is 119 Å². The van der Waals surface area contributed by atoms with Crippen LogP contribution in [0.4, 0.5) is 0 Å². The first kappa shape index (κ1) is 13.2. The quantitative estimate of drug-likeness (QED) is 0.879. The zero-order valence-corrected chi connectivity index (χ0v) is 12.0. The molecule has 3 nitrogen and oxygen atoms in total. The number of carbonyl (C=O) groups is 1. The first-order valence-electron chi connectivity index (χ1n) is 7.65. The van der Waals surface area contributed by atoms with Gasteiger partial charge in [0.1, 0.15) is 0 Å². The Hall–Kier alpha value is -1.77. The minimum absolute atomic E-state index is 0.208. The Balaban J connectivity index is 1.73. The highest BCUT2D eigenvalue weighted by molar-refractivity contribution is 5.85. The van der Waals surface area contributed by atoms with Crippen molar-refractivity contribution in [3.05, 3.63) is 35.5 Å². The minimum Gasteiger partial charge on any atom is -0.358 e. The average molecular weight is 270 g/mol. The largest absolute Gasteiger partial charge is 0.358 e. The number of amides is 1. The molecular formula is C17H22N2O. The number of aromatic amines is 1. The molecule has 0 radical (unpaired) electrons. The molecule has 1 atom stereocenters. The number of hydrogen-bond acceptors (Lipinski definition) is 1. The van der Waals surface area contributed by atoms with Crippen LogP contribution in [0.1, 0.15) is 43.9 Å². The molecule has 0 saturated carbocycles. The van der Waals surface area contributed by atoms with Crippen molar-refractivity contribution in [1.82, 2.24) is 10.3 Å². The van der Waals surface area contributed by atoms with Crippen LogP contribution in [0, 0.1) is 0 Å². The molecule has 1 aromatic carbocycles. The molecule has 106 valence electrons. The van der Waals surface area contributed by atoms with Gasteiger partial charge in [-0.1, -0.05) is 31.5 Å². The number of hydrogen-bond donors (Lipinski definition) is 2. The third-order valence-corrected chi connectivity index (χ3v) is 4.22. The summed E-state index contributed by atoms with van der Waals surface area (Å²) in [5.41, 5.74) is 3.97. The van der Waals surface area contributed by atoms with Crippen molar-refractivity contribution in [3.63, 3.8) is 0 Å². The maximum Gasteiger partial charge on any atom is 0.220 e. The van der Waals surface area contributed by atoms with Gasteiger partial charge in [-0.05, 0) is 37.3 Å². The molecule has 2 aromatic rings. The van der Waals surface area contributed by atoms with E-state index in [2.05, 4.69) is 41.5 Å². The molecule has 1 aliphatic carbocycles. The van der Waals surface area contributed by atoms with Crippen molar-refractivity contribution in [2.24, 2.45) is 0 Å². The van der Waals surface area contributed by atoms with Crippen molar-refractivity contribution < 1.29 is 4.79 Å². The molecule has 1 heterocycles. The maximum atomic E-state index is 11.9. The van der Waals surface area contributed by atoms with Crippen molar-refractivity contribution in [2.75, 3.05) is 0 Å². The molecule has 2 N–H and O–H groups in total. The van der Waals surface area contributed by atoms with Gasteiger partial charge in [0.2, 0.25) is 5.91 Å². The molecule has 0 aliphatic heterocycles. The number of aryl methyl sites for hydroxylation is 1. The summed E-state index contributed by atoms with van der Waals surface area (Å²) in [6, 6.07) is 8.74. The van der Waals surface area contributed by atoms with Crippen LogP contribution in [0.3, 0.4) is 0 Å². The van der Waals surface area contributed by atoms with Crippen LogP contribution in [-0.2, 0) is 17.6 Å². The van der Waals surface area contributed by atoms with Gasteiger partial charge in [-0.15, -0.1) is 0 Å². The summed E-state index contributed by atoms with van der Waals surface area (Å²) in [4.78, 5) is 15.4. The van der Waals surface area contributed by atoms with Crippen LogP contribution in [-0.4, -0.2) is 16.9 Å². The van der Waals surface area contributed by atoms with Gasteiger partial charge in [0.25, 0.3) is 0 Å². The number of unbranched alkanes of at least 4 members (excludes halogenated alkanes) is 1. The zero-order valence-electron chi connectivity index (χ0n) is 12.0. The number of fused-ring (bicyclic) bond motifs is 3. The highest BCUT2D eigenvalue weighted by Crippen LogP contribution is 2.29. The van der Waals surface area contributed by atoms with E-state index >= 15 is 0 Å². The van der Waals surface area contributed by atoms with Crippen LogP contribution in [0.2, 0.25) is 0 Å².